The third-order valence-electron chi connectivity index (χ3n) is 4.68. The summed E-state index contributed by atoms with van der Waals surface area (Å²) < 4.78 is 0. The molecule has 2 N–H and O–H groups in total. The van der Waals surface area contributed by atoms with E-state index in [1.54, 1.807) is 11.8 Å². The van der Waals surface area contributed by atoms with E-state index in [1.165, 1.54) is 6.20 Å². The van der Waals surface area contributed by atoms with Crippen molar-refractivity contribution < 1.29 is 9.59 Å². The van der Waals surface area contributed by atoms with Crippen LogP contribution < -0.4 is 5.73 Å². The van der Waals surface area contributed by atoms with Gasteiger partial charge >= 0.3 is 0 Å². The largest absolute Gasteiger partial charge is 0.368 e. The van der Waals surface area contributed by atoms with Crippen molar-refractivity contribution in [2.45, 2.75) is 26.8 Å². The van der Waals surface area contributed by atoms with Gasteiger partial charge in [0, 0.05) is 31.4 Å². The first-order chi connectivity index (χ1) is 12.9. The summed E-state index contributed by atoms with van der Waals surface area (Å²) in [6.07, 6.45) is 1.45. The lowest BCUT2D eigenvalue weighted by atomic mass is 10.0. The molecule has 0 radical (unpaired) electrons. The van der Waals surface area contributed by atoms with Gasteiger partial charge in [0.05, 0.1) is 11.3 Å². The van der Waals surface area contributed by atoms with Crippen molar-refractivity contribution in [3.63, 3.8) is 0 Å². The van der Waals surface area contributed by atoms with Crippen LogP contribution in [0, 0.1) is 5.92 Å². The maximum Gasteiger partial charge on any atom is 0.258 e. The Hall–Kier alpha value is -2.96. The minimum absolute atomic E-state index is 0.0269. The number of nitrogen functional groups attached to an aromatic ring is 1. The molecule has 1 fully saturated rings. The molecule has 2 heterocycles. The first kappa shape index (κ1) is 18.8. The van der Waals surface area contributed by atoms with E-state index in [9.17, 15) is 9.59 Å². The van der Waals surface area contributed by atoms with Gasteiger partial charge in [-0.3, -0.25) is 9.59 Å². The lowest BCUT2D eigenvalue weighted by Crippen LogP contribution is -2.58. The lowest BCUT2D eigenvalue weighted by molar-refractivity contribution is -0.140. The molecule has 1 saturated heterocycles. The molecule has 0 saturated carbocycles. The summed E-state index contributed by atoms with van der Waals surface area (Å²) in [4.78, 5) is 37.6. The van der Waals surface area contributed by atoms with Gasteiger partial charge in [0.25, 0.3) is 5.91 Å². The molecule has 2 aromatic rings. The van der Waals surface area contributed by atoms with E-state index < -0.39 is 6.04 Å². The lowest BCUT2D eigenvalue weighted by Gasteiger charge is -2.40. The van der Waals surface area contributed by atoms with Crippen molar-refractivity contribution >= 4 is 17.8 Å². The van der Waals surface area contributed by atoms with Crippen LogP contribution in [-0.2, 0) is 4.79 Å². The second-order valence-corrected chi connectivity index (χ2v) is 7.21. The molecule has 1 atom stereocenters. The van der Waals surface area contributed by atoms with E-state index in [0.717, 1.165) is 5.56 Å². The maximum atomic E-state index is 13.2. The number of amides is 2. The van der Waals surface area contributed by atoms with Crippen LogP contribution in [0.5, 0.6) is 0 Å². The number of piperazine rings is 1. The Morgan fingerprint density at radius 3 is 2.63 bits per heavy atom. The number of hydrogen-bond acceptors (Lipinski definition) is 5. The molecule has 0 unspecified atom stereocenters. The van der Waals surface area contributed by atoms with Crippen LogP contribution >= 0.6 is 0 Å². The predicted molar refractivity (Wildman–Crippen MR) is 104 cm³/mol. The molecule has 7 nitrogen and oxygen atoms in total. The summed E-state index contributed by atoms with van der Waals surface area (Å²) in [6, 6.07) is 8.86. The van der Waals surface area contributed by atoms with Gasteiger partial charge < -0.3 is 15.5 Å². The molecule has 27 heavy (non-hydrogen) atoms. The molecule has 0 spiro atoms. The number of nitrogens with zero attached hydrogens (tertiary/aromatic N) is 4. The first-order valence-electron chi connectivity index (χ1n) is 9.16. The molecule has 2 amide bonds. The molecule has 7 heteroatoms. The molecule has 142 valence electrons. The Morgan fingerprint density at radius 2 is 1.96 bits per heavy atom. The Morgan fingerprint density at radius 1 is 1.26 bits per heavy atom. The fraction of sp³-hybridized carbons (Fsp3) is 0.400. The fourth-order valence-electron chi connectivity index (χ4n) is 3.35. The molecule has 1 aromatic carbocycles. The van der Waals surface area contributed by atoms with E-state index in [1.807, 2.05) is 35.2 Å². The molecule has 1 aliphatic rings. The van der Waals surface area contributed by atoms with Crippen LogP contribution in [0.1, 0.15) is 31.1 Å². The van der Waals surface area contributed by atoms with Crippen LogP contribution in [0.15, 0.2) is 36.5 Å². The van der Waals surface area contributed by atoms with E-state index >= 15 is 0 Å². The number of anilines is 1. The Bertz CT molecular complexity index is 838. The first-order valence-corrected chi connectivity index (χ1v) is 9.16. The predicted octanol–water partition coefficient (Wildman–Crippen LogP) is 2.05. The molecule has 1 aliphatic heterocycles. The van der Waals surface area contributed by atoms with Crippen molar-refractivity contribution in [1.82, 2.24) is 19.8 Å². The number of carbonyl (C=O) groups is 2. The Balaban J connectivity index is 1.90. The maximum absolute atomic E-state index is 13.2. The highest BCUT2D eigenvalue weighted by Gasteiger charge is 2.35. The molecule has 1 aromatic heterocycles. The number of carbonyl (C=O) groups excluding carboxylic acids is 2. The van der Waals surface area contributed by atoms with E-state index in [4.69, 9.17) is 5.73 Å². The second kappa shape index (κ2) is 7.73. The van der Waals surface area contributed by atoms with E-state index in [0.29, 0.717) is 36.8 Å². The zero-order valence-corrected chi connectivity index (χ0v) is 15.9. The molecule has 0 bridgehead atoms. The van der Waals surface area contributed by atoms with E-state index in [-0.39, 0.29) is 17.8 Å². The van der Waals surface area contributed by atoms with Gasteiger partial charge in [-0.2, -0.15) is 0 Å². The van der Waals surface area contributed by atoms with Gasteiger partial charge in [0.2, 0.25) is 11.9 Å². The topological polar surface area (TPSA) is 92.4 Å². The second-order valence-electron chi connectivity index (χ2n) is 7.21. The summed E-state index contributed by atoms with van der Waals surface area (Å²) in [7, 11) is 0. The average Bonchev–Trinajstić information content (AvgIpc) is 2.65. The van der Waals surface area contributed by atoms with Crippen molar-refractivity contribution in [2.75, 3.05) is 25.4 Å². The summed E-state index contributed by atoms with van der Waals surface area (Å²) >= 11 is 0. The van der Waals surface area contributed by atoms with E-state index in [2.05, 4.69) is 23.8 Å². The fourth-order valence-corrected chi connectivity index (χ4v) is 3.35. The minimum atomic E-state index is -0.522. The zero-order chi connectivity index (χ0) is 19.6. The molecule has 0 aliphatic carbocycles. The van der Waals surface area contributed by atoms with Crippen LogP contribution in [0.2, 0.25) is 0 Å². The summed E-state index contributed by atoms with van der Waals surface area (Å²) in [5.41, 5.74) is 7.37. The van der Waals surface area contributed by atoms with Crippen molar-refractivity contribution in [2.24, 2.45) is 5.92 Å². The van der Waals surface area contributed by atoms with Crippen molar-refractivity contribution in [3.8, 4) is 11.3 Å². The summed E-state index contributed by atoms with van der Waals surface area (Å²) in [5.74, 6) is 0.217. The van der Waals surface area contributed by atoms with Crippen molar-refractivity contribution in [3.05, 3.63) is 42.1 Å². The van der Waals surface area contributed by atoms with Crippen LogP contribution in [0.25, 0.3) is 11.3 Å². The number of nitrogens with two attached hydrogens (primary N) is 1. The summed E-state index contributed by atoms with van der Waals surface area (Å²) in [6.45, 7) is 7.64. The smallest absolute Gasteiger partial charge is 0.258 e. The highest BCUT2D eigenvalue weighted by Crippen LogP contribution is 2.25. The number of hydrogen-bond donors (Lipinski definition) is 1. The minimum Gasteiger partial charge on any atom is -0.368 e. The van der Waals surface area contributed by atoms with Gasteiger partial charge in [-0.15, -0.1) is 0 Å². The normalized spacial score (nSPS) is 17.5. The molecular formula is C20H25N5O2. The number of benzene rings is 1. The van der Waals surface area contributed by atoms with Gasteiger partial charge in [-0.05, 0) is 12.8 Å². The number of rotatable bonds is 4. The van der Waals surface area contributed by atoms with Crippen LogP contribution in [-0.4, -0.2) is 57.3 Å². The van der Waals surface area contributed by atoms with Crippen LogP contribution in [0.3, 0.4) is 0 Å². The quantitative estimate of drug-likeness (QED) is 0.893. The summed E-state index contributed by atoms with van der Waals surface area (Å²) in [5, 5.41) is 0. The number of aromatic nitrogens is 2. The molecular weight excluding hydrogens is 342 g/mol. The SMILES string of the molecule is CC(C)CN1CCN(C(=O)c2cnc(N)nc2-c2ccccc2)[C@@H](C)C1=O. The highest BCUT2D eigenvalue weighted by molar-refractivity contribution is 6.02. The van der Waals surface area contributed by atoms with Gasteiger partial charge in [-0.1, -0.05) is 44.2 Å². The standard InChI is InChI=1S/C20H25N5O2/c1-13(2)12-24-9-10-25(14(3)18(24)26)19(27)16-11-22-20(21)23-17(16)15-7-5-4-6-8-15/h4-8,11,13-14H,9-10,12H2,1-3H3,(H2,21,22,23)/t14-/m0/s1. The average molecular weight is 367 g/mol. The van der Waals surface area contributed by atoms with Crippen LogP contribution in [0.4, 0.5) is 5.95 Å². The van der Waals surface area contributed by atoms with Crippen molar-refractivity contribution in [1.29, 1.82) is 0 Å². The van der Waals surface area contributed by atoms with Gasteiger partial charge in [0.15, 0.2) is 0 Å². The Kier molecular flexibility index (Phi) is 5.39. The third-order valence-corrected chi connectivity index (χ3v) is 4.68. The monoisotopic (exact) mass is 367 g/mol. The third kappa shape index (κ3) is 3.92. The van der Waals surface area contributed by atoms with Gasteiger partial charge in [-0.25, -0.2) is 9.97 Å². The van der Waals surface area contributed by atoms with Gasteiger partial charge in [0.1, 0.15) is 6.04 Å². The zero-order valence-electron chi connectivity index (χ0n) is 15.9. The Labute approximate surface area is 159 Å². The highest BCUT2D eigenvalue weighted by atomic mass is 16.2. The molecule has 3 rings (SSSR count).